The van der Waals surface area contributed by atoms with Gasteiger partial charge in [0.15, 0.2) is 5.96 Å². The van der Waals surface area contributed by atoms with Crippen LogP contribution in [0, 0.1) is 0 Å². The van der Waals surface area contributed by atoms with E-state index in [1.54, 1.807) is 6.20 Å². The first-order valence-electron chi connectivity index (χ1n) is 11.0. The fourth-order valence-electron chi connectivity index (χ4n) is 3.33. The quantitative estimate of drug-likeness (QED) is 0.0915. The number of H-pyrrole nitrogens is 1. The van der Waals surface area contributed by atoms with Crippen molar-refractivity contribution in [3.63, 3.8) is 0 Å². The molecule has 1 aromatic carbocycles. The van der Waals surface area contributed by atoms with Crippen LogP contribution in [0.5, 0.6) is 0 Å². The molecular weight excluding hydrogens is 456 g/mol. The van der Waals surface area contributed by atoms with Crippen LogP contribution in [-0.2, 0) is 25.6 Å². The number of hydrogen-bond donors (Lipinski definition) is 8. The lowest BCUT2D eigenvalue weighted by Crippen LogP contribution is -2.53. The number of carbonyl (C=O) groups is 4. The van der Waals surface area contributed by atoms with E-state index in [0.717, 1.165) is 16.5 Å². The van der Waals surface area contributed by atoms with Crippen molar-refractivity contribution in [2.45, 2.75) is 44.3 Å². The molecule has 13 nitrogen and oxygen atoms in total. The Labute approximate surface area is 201 Å². The van der Waals surface area contributed by atoms with Crippen molar-refractivity contribution in [1.82, 2.24) is 20.9 Å². The van der Waals surface area contributed by atoms with Crippen molar-refractivity contribution in [2.75, 3.05) is 13.1 Å². The van der Waals surface area contributed by atoms with Gasteiger partial charge in [-0.15, -0.1) is 0 Å². The smallest absolute Gasteiger partial charge is 0.325 e. The number of aromatic nitrogens is 1. The van der Waals surface area contributed by atoms with Gasteiger partial charge in [-0.2, -0.15) is 0 Å². The predicted octanol–water partition coefficient (Wildman–Crippen LogP) is -1.72. The number of aliphatic carboxylic acids is 1. The Morgan fingerprint density at radius 3 is 2.51 bits per heavy atom. The summed E-state index contributed by atoms with van der Waals surface area (Å²) in [5.41, 5.74) is 18.5. The first-order valence-corrected chi connectivity index (χ1v) is 11.0. The fraction of sp³-hybridized carbons (Fsp3) is 0.409. The number of carboxylic acid groups (broad SMARTS) is 1. The molecule has 3 unspecified atom stereocenters. The topological polar surface area (TPSA) is 231 Å². The lowest BCUT2D eigenvalue weighted by Gasteiger charge is -2.20. The Hall–Kier alpha value is -4.13. The van der Waals surface area contributed by atoms with Gasteiger partial charge in [-0.3, -0.25) is 24.2 Å². The zero-order valence-corrected chi connectivity index (χ0v) is 19.4. The van der Waals surface area contributed by atoms with E-state index in [1.807, 2.05) is 24.3 Å². The number of para-hydroxylation sites is 1. The van der Waals surface area contributed by atoms with Gasteiger partial charge in [0.25, 0.3) is 0 Å². The number of fused-ring (bicyclic) bond motifs is 1. The van der Waals surface area contributed by atoms with Crippen molar-refractivity contribution in [2.24, 2.45) is 22.2 Å². The van der Waals surface area contributed by atoms with Crippen LogP contribution in [0.15, 0.2) is 35.5 Å². The minimum atomic E-state index is -1.21. The molecule has 11 N–H and O–H groups in total. The number of nitrogens with one attached hydrogen (secondary N) is 4. The van der Waals surface area contributed by atoms with Crippen molar-refractivity contribution in [3.05, 3.63) is 36.0 Å². The minimum Gasteiger partial charge on any atom is -0.480 e. The molecule has 2 aromatic rings. The van der Waals surface area contributed by atoms with Crippen LogP contribution >= 0.6 is 0 Å². The van der Waals surface area contributed by atoms with Crippen LogP contribution in [0.25, 0.3) is 10.9 Å². The van der Waals surface area contributed by atoms with Crippen molar-refractivity contribution in [3.8, 4) is 0 Å². The number of rotatable bonds is 13. The molecule has 190 valence electrons. The maximum Gasteiger partial charge on any atom is 0.325 e. The van der Waals surface area contributed by atoms with Crippen LogP contribution in [-0.4, -0.2) is 71.0 Å². The average molecular weight is 489 g/mol. The number of aliphatic imine (C=N–C) groups is 1. The van der Waals surface area contributed by atoms with E-state index in [2.05, 4.69) is 25.9 Å². The van der Waals surface area contributed by atoms with Gasteiger partial charge in [-0.1, -0.05) is 18.2 Å². The van der Waals surface area contributed by atoms with Gasteiger partial charge in [-0.05, 0) is 37.8 Å². The number of carboxylic acids is 1. The van der Waals surface area contributed by atoms with Gasteiger partial charge in [0.1, 0.15) is 12.1 Å². The lowest BCUT2D eigenvalue weighted by molar-refractivity contribution is -0.141. The first-order chi connectivity index (χ1) is 16.6. The second-order valence-electron chi connectivity index (χ2n) is 8.03. The summed E-state index contributed by atoms with van der Waals surface area (Å²) in [7, 11) is 0. The molecule has 0 saturated heterocycles. The maximum atomic E-state index is 12.8. The average Bonchev–Trinajstić information content (AvgIpc) is 3.21. The number of nitrogens with two attached hydrogens (primary N) is 3. The highest BCUT2D eigenvalue weighted by atomic mass is 16.4. The number of amides is 3. The van der Waals surface area contributed by atoms with E-state index in [-0.39, 0.29) is 25.3 Å². The Morgan fingerprint density at radius 1 is 1.11 bits per heavy atom. The molecule has 3 amide bonds. The van der Waals surface area contributed by atoms with Crippen LogP contribution in [0.2, 0.25) is 0 Å². The first kappa shape index (κ1) is 27.1. The molecule has 0 radical (unpaired) electrons. The normalized spacial score (nSPS) is 13.3. The Bertz CT molecular complexity index is 1080. The summed E-state index contributed by atoms with van der Waals surface area (Å²) in [4.78, 5) is 55.2. The lowest BCUT2D eigenvalue weighted by atomic mass is 10.0. The molecule has 0 aliphatic rings. The molecule has 1 aromatic heterocycles. The van der Waals surface area contributed by atoms with E-state index in [4.69, 9.17) is 22.3 Å². The standard InChI is InChI=1S/C22H32N8O5/c1-12(21(34)35)29-18(31)11-28-20(33)17(7-4-8-26-22(24)25)30-19(32)15(23)9-13-10-27-16-6-3-2-5-14(13)16/h2-3,5-6,10,12,15,17,27H,4,7-9,11,23H2,1H3,(H,28,33)(H,29,31)(H,30,32)(H,34,35)(H4,24,25,26). The molecule has 35 heavy (non-hydrogen) atoms. The number of guanidine groups is 1. The molecule has 0 spiro atoms. The summed E-state index contributed by atoms with van der Waals surface area (Å²) in [5, 5.41) is 17.1. The van der Waals surface area contributed by atoms with Gasteiger partial charge >= 0.3 is 5.97 Å². The van der Waals surface area contributed by atoms with Gasteiger partial charge < -0.3 is 43.2 Å². The monoisotopic (exact) mass is 488 g/mol. The summed E-state index contributed by atoms with van der Waals surface area (Å²) >= 11 is 0. The number of nitrogens with zero attached hydrogens (tertiary/aromatic N) is 1. The fourth-order valence-corrected chi connectivity index (χ4v) is 3.33. The van der Waals surface area contributed by atoms with Crippen molar-refractivity contribution < 1.29 is 24.3 Å². The summed E-state index contributed by atoms with van der Waals surface area (Å²) < 4.78 is 0. The Morgan fingerprint density at radius 2 is 1.83 bits per heavy atom. The third-order valence-electron chi connectivity index (χ3n) is 5.20. The summed E-state index contributed by atoms with van der Waals surface area (Å²) in [5.74, 6) is -3.16. The minimum absolute atomic E-state index is 0.0972. The molecule has 13 heteroatoms. The summed E-state index contributed by atoms with van der Waals surface area (Å²) in [6, 6.07) is 4.56. The number of aromatic amines is 1. The Kier molecular flexibility index (Phi) is 10.0. The molecular formula is C22H32N8O5. The summed E-state index contributed by atoms with van der Waals surface area (Å²) in [6.45, 7) is 1.07. The van der Waals surface area contributed by atoms with E-state index < -0.39 is 48.4 Å². The number of carbonyl (C=O) groups excluding carboxylic acids is 3. The molecule has 1 heterocycles. The highest BCUT2D eigenvalue weighted by molar-refractivity contribution is 5.93. The highest BCUT2D eigenvalue weighted by Crippen LogP contribution is 2.18. The second-order valence-corrected chi connectivity index (χ2v) is 8.03. The Balaban J connectivity index is 1.99. The van der Waals surface area contributed by atoms with Gasteiger partial charge in [0.2, 0.25) is 17.7 Å². The van der Waals surface area contributed by atoms with Crippen LogP contribution in [0.3, 0.4) is 0 Å². The van der Waals surface area contributed by atoms with E-state index in [1.165, 1.54) is 6.92 Å². The molecule has 0 aliphatic carbocycles. The molecule has 2 rings (SSSR count). The maximum absolute atomic E-state index is 12.8. The van der Waals surface area contributed by atoms with Crippen LogP contribution in [0.1, 0.15) is 25.3 Å². The molecule has 0 bridgehead atoms. The number of hydrogen-bond acceptors (Lipinski definition) is 6. The molecule has 0 aliphatic heterocycles. The molecule has 3 atom stereocenters. The second kappa shape index (κ2) is 12.9. The number of benzene rings is 1. The van der Waals surface area contributed by atoms with Gasteiger partial charge in [0, 0.05) is 23.6 Å². The predicted molar refractivity (Wildman–Crippen MR) is 130 cm³/mol. The third kappa shape index (κ3) is 8.62. The molecule has 0 fully saturated rings. The van der Waals surface area contributed by atoms with Gasteiger partial charge in [0.05, 0.1) is 12.6 Å². The van der Waals surface area contributed by atoms with E-state index in [9.17, 15) is 19.2 Å². The largest absolute Gasteiger partial charge is 0.480 e. The van der Waals surface area contributed by atoms with Crippen LogP contribution in [0.4, 0.5) is 0 Å². The molecule has 0 saturated carbocycles. The van der Waals surface area contributed by atoms with Crippen LogP contribution < -0.4 is 33.2 Å². The third-order valence-corrected chi connectivity index (χ3v) is 5.20. The van der Waals surface area contributed by atoms with Crippen molar-refractivity contribution in [1.29, 1.82) is 0 Å². The van der Waals surface area contributed by atoms with Gasteiger partial charge in [-0.25, -0.2) is 0 Å². The van der Waals surface area contributed by atoms with E-state index in [0.29, 0.717) is 6.42 Å². The van der Waals surface area contributed by atoms with E-state index >= 15 is 0 Å². The zero-order valence-electron chi connectivity index (χ0n) is 19.4. The SMILES string of the molecule is CC(NC(=O)CNC(=O)C(CCCN=C(N)N)NC(=O)C(N)Cc1c[nH]c2ccccc12)C(=O)O. The van der Waals surface area contributed by atoms with Crippen molar-refractivity contribution >= 4 is 40.6 Å². The zero-order chi connectivity index (χ0) is 26.0. The highest BCUT2D eigenvalue weighted by Gasteiger charge is 2.25. The summed E-state index contributed by atoms with van der Waals surface area (Å²) in [6.07, 6.45) is 2.58.